The van der Waals surface area contributed by atoms with Crippen LogP contribution in [0.15, 0.2) is 65.0 Å². The third kappa shape index (κ3) is 3.78. The van der Waals surface area contributed by atoms with Crippen LogP contribution in [0.5, 0.6) is 0 Å². The van der Waals surface area contributed by atoms with E-state index in [0.29, 0.717) is 45.9 Å². The lowest BCUT2D eigenvalue weighted by molar-refractivity contribution is -0.385. The molecule has 0 saturated heterocycles. The van der Waals surface area contributed by atoms with Crippen molar-refractivity contribution >= 4 is 40.8 Å². The van der Waals surface area contributed by atoms with Crippen LogP contribution in [0, 0.1) is 10.1 Å². The number of thioether (sulfide) groups is 1. The lowest BCUT2D eigenvalue weighted by Gasteiger charge is -2.31. The van der Waals surface area contributed by atoms with Crippen LogP contribution in [0.3, 0.4) is 0 Å². The molecule has 0 saturated carbocycles. The molecular weight excluding hydrogens is 450 g/mol. The van der Waals surface area contributed by atoms with Crippen molar-refractivity contribution in [2.24, 2.45) is 0 Å². The predicted octanol–water partition coefficient (Wildman–Crippen LogP) is 5.15. The van der Waals surface area contributed by atoms with E-state index >= 15 is 0 Å². The predicted molar refractivity (Wildman–Crippen MR) is 122 cm³/mol. The fraction of sp³-hybridized carbons (Fsp3) is 0.227. The second kappa shape index (κ2) is 8.40. The standard InChI is InChI=1S/C22H18ClN5O3S/c23-14-6-3-5-13(11-14)12-32-22-25-21-24-16-8-4-10-18(29)19(16)20(27(21)26-22)15-7-1-2-9-17(15)28(30)31/h1-3,5-7,9,11,20H,4,8,10,12H2,(H,24,25,26). The molecule has 1 aromatic heterocycles. The zero-order chi connectivity index (χ0) is 22.2. The first kappa shape index (κ1) is 20.7. The van der Waals surface area contributed by atoms with E-state index in [1.807, 2.05) is 24.3 Å². The number of halogens is 1. The van der Waals surface area contributed by atoms with Gasteiger partial charge in [-0.3, -0.25) is 14.9 Å². The Balaban J connectivity index is 1.56. The monoisotopic (exact) mass is 467 g/mol. The molecule has 2 aliphatic rings. The number of Topliss-reactive ketones (excluding diaryl/α,β-unsaturated/α-hetero) is 1. The number of nitrogens with one attached hydrogen (secondary N) is 1. The summed E-state index contributed by atoms with van der Waals surface area (Å²) in [5.74, 6) is 1.08. The molecule has 32 heavy (non-hydrogen) atoms. The van der Waals surface area contributed by atoms with Crippen LogP contribution in [0.1, 0.15) is 36.4 Å². The Bertz CT molecular complexity index is 1270. The summed E-state index contributed by atoms with van der Waals surface area (Å²) in [6.07, 6.45) is 1.84. The number of carbonyl (C=O) groups is 1. The summed E-state index contributed by atoms with van der Waals surface area (Å²) >= 11 is 7.51. The third-order valence-electron chi connectivity index (χ3n) is 5.53. The van der Waals surface area contributed by atoms with Crippen LogP contribution in [0.2, 0.25) is 5.02 Å². The van der Waals surface area contributed by atoms with Gasteiger partial charge in [0, 0.05) is 34.5 Å². The molecule has 1 unspecified atom stereocenters. The maximum absolute atomic E-state index is 12.9. The van der Waals surface area contributed by atoms with E-state index in [0.717, 1.165) is 17.7 Å². The topological polar surface area (TPSA) is 103 Å². The van der Waals surface area contributed by atoms with E-state index in [-0.39, 0.29) is 11.5 Å². The van der Waals surface area contributed by atoms with Crippen LogP contribution in [0.4, 0.5) is 11.6 Å². The molecule has 5 rings (SSSR count). The molecule has 3 aromatic rings. The quantitative estimate of drug-likeness (QED) is 0.314. The molecule has 10 heteroatoms. The number of nitro benzene ring substituents is 1. The number of nitro groups is 1. The lowest BCUT2D eigenvalue weighted by Crippen LogP contribution is -2.31. The first-order valence-electron chi connectivity index (χ1n) is 10.1. The zero-order valence-electron chi connectivity index (χ0n) is 16.8. The number of ketones is 1. The Morgan fingerprint density at radius 1 is 1.22 bits per heavy atom. The molecule has 1 aliphatic heterocycles. The summed E-state index contributed by atoms with van der Waals surface area (Å²) in [6.45, 7) is 0. The van der Waals surface area contributed by atoms with Gasteiger partial charge in [-0.15, -0.1) is 5.10 Å². The van der Waals surface area contributed by atoms with Gasteiger partial charge < -0.3 is 5.32 Å². The van der Waals surface area contributed by atoms with Gasteiger partial charge in [-0.25, -0.2) is 4.68 Å². The largest absolute Gasteiger partial charge is 0.328 e. The Hall–Kier alpha value is -3.17. The number of rotatable bonds is 5. The minimum atomic E-state index is -0.691. The Morgan fingerprint density at radius 3 is 2.88 bits per heavy atom. The van der Waals surface area contributed by atoms with Crippen molar-refractivity contribution in [2.75, 3.05) is 5.32 Å². The number of benzene rings is 2. The number of anilines is 1. The average Bonchev–Trinajstić information content (AvgIpc) is 3.19. The van der Waals surface area contributed by atoms with Gasteiger partial charge in [0.25, 0.3) is 5.69 Å². The summed E-state index contributed by atoms with van der Waals surface area (Å²) in [6, 6.07) is 13.4. The molecule has 162 valence electrons. The zero-order valence-corrected chi connectivity index (χ0v) is 18.4. The molecule has 0 fully saturated rings. The summed E-state index contributed by atoms with van der Waals surface area (Å²) < 4.78 is 1.60. The van der Waals surface area contributed by atoms with Crippen molar-refractivity contribution in [3.63, 3.8) is 0 Å². The van der Waals surface area contributed by atoms with Crippen molar-refractivity contribution in [3.05, 3.63) is 86.1 Å². The van der Waals surface area contributed by atoms with Crippen LogP contribution in [-0.4, -0.2) is 25.5 Å². The van der Waals surface area contributed by atoms with Crippen molar-refractivity contribution < 1.29 is 9.72 Å². The highest BCUT2D eigenvalue weighted by molar-refractivity contribution is 7.98. The molecule has 0 radical (unpaired) electrons. The van der Waals surface area contributed by atoms with Gasteiger partial charge in [-0.2, -0.15) is 4.98 Å². The van der Waals surface area contributed by atoms with E-state index in [9.17, 15) is 14.9 Å². The highest BCUT2D eigenvalue weighted by atomic mass is 35.5. The summed E-state index contributed by atoms with van der Waals surface area (Å²) in [4.78, 5) is 28.8. The van der Waals surface area contributed by atoms with Crippen LogP contribution in [0.25, 0.3) is 0 Å². The van der Waals surface area contributed by atoms with Crippen molar-refractivity contribution in [3.8, 4) is 0 Å². The number of aromatic nitrogens is 3. The molecule has 2 heterocycles. The number of fused-ring (bicyclic) bond motifs is 1. The molecule has 1 N–H and O–H groups in total. The molecule has 1 aliphatic carbocycles. The molecule has 0 bridgehead atoms. The normalized spacial score (nSPS) is 17.5. The Morgan fingerprint density at radius 2 is 2.06 bits per heavy atom. The highest BCUT2D eigenvalue weighted by Gasteiger charge is 2.39. The summed E-state index contributed by atoms with van der Waals surface area (Å²) in [5, 5.41) is 20.8. The fourth-order valence-corrected chi connectivity index (χ4v) is 5.13. The molecular formula is C22H18ClN5O3S. The first-order valence-corrected chi connectivity index (χ1v) is 11.5. The van der Waals surface area contributed by atoms with E-state index in [4.69, 9.17) is 11.6 Å². The second-order valence-corrected chi connectivity index (χ2v) is 8.97. The Kier molecular flexibility index (Phi) is 5.44. The van der Waals surface area contributed by atoms with Gasteiger partial charge in [0.1, 0.15) is 6.04 Å². The van der Waals surface area contributed by atoms with Gasteiger partial charge >= 0.3 is 0 Å². The number of carbonyl (C=O) groups excluding carboxylic acids is 1. The molecule has 0 spiro atoms. The number of allylic oxidation sites excluding steroid dienone is 2. The van der Waals surface area contributed by atoms with Gasteiger partial charge in [0.2, 0.25) is 11.1 Å². The lowest BCUT2D eigenvalue weighted by atomic mass is 9.85. The Labute approximate surface area is 192 Å². The third-order valence-corrected chi connectivity index (χ3v) is 6.68. The van der Waals surface area contributed by atoms with Gasteiger partial charge in [-0.1, -0.05) is 47.6 Å². The van der Waals surface area contributed by atoms with E-state index < -0.39 is 11.0 Å². The SMILES string of the molecule is O=C1CCCC2=C1C(c1ccccc1[N+](=O)[O-])n1nc(SCc3cccc(Cl)c3)nc1N2. The van der Waals surface area contributed by atoms with Crippen LogP contribution >= 0.6 is 23.4 Å². The van der Waals surface area contributed by atoms with Gasteiger partial charge in [-0.05, 0) is 36.6 Å². The number of nitrogens with zero attached hydrogens (tertiary/aromatic N) is 4. The molecule has 2 aromatic carbocycles. The summed E-state index contributed by atoms with van der Waals surface area (Å²) in [5.41, 5.74) is 2.73. The van der Waals surface area contributed by atoms with Crippen molar-refractivity contribution in [1.29, 1.82) is 0 Å². The minimum absolute atomic E-state index is 0.0174. The number of hydrogen-bond donors (Lipinski definition) is 1. The van der Waals surface area contributed by atoms with Gasteiger partial charge in [0.05, 0.1) is 10.5 Å². The van der Waals surface area contributed by atoms with E-state index in [1.165, 1.54) is 17.8 Å². The van der Waals surface area contributed by atoms with Crippen LogP contribution in [-0.2, 0) is 10.5 Å². The molecule has 8 nitrogen and oxygen atoms in total. The van der Waals surface area contributed by atoms with Crippen molar-refractivity contribution in [1.82, 2.24) is 14.8 Å². The van der Waals surface area contributed by atoms with Crippen LogP contribution < -0.4 is 5.32 Å². The maximum atomic E-state index is 12.9. The van der Waals surface area contributed by atoms with Crippen molar-refractivity contribution in [2.45, 2.75) is 36.2 Å². The van der Waals surface area contributed by atoms with E-state index in [1.54, 1.807) is 22.9 Å². The molecule has 0 amide bonds. The number of para-hydroxylation sites is 1. The second-order valence-electron chi connectivity index (χ2n) is 7.59. The minimum Gasteiger partial charge on any atom is -0.328 e. The highest BCUT2D eigenvalue weighted by Crippen LogP contribution is 2.43. The maximum Gasteiger partial charge on any atom is 0.275 e. The van der Waals surface area contributed by atoms with E-state index in [2.05, 4.69) is 15.4 Å². The molecule has 1 atom stereocenters. The van der Waals surface area contributed by atoms with Gasteiger partial charge in [0.15, 0.2) is 5.78 Å². The smallest absolute Gasteiger partial charge is 0.275 e. The number of hydrogen-bond acceptors (Lipinski definition) is 7. The first-order chi connectivity index (χ1) is 15.5. The fourth-order valence-electron chi connectivity index (χ4n) is 4.14. The summed E-state index contributed by atoms with van der Waals surface area (Å²) in [7, 11) is 0. The average molecular weight is 468 g/mol.